The molecule has 1 fully saturated rings. The zero-order chi connectivity index (χ0) is 12.4. The maximum absolute atomic E-state index is 10.8. The van der Waals surface area contributed by atoms with Crippen molar-refractivity contribution in [2.75, 3.05) is 6.61 Å². The summed E-state index contributed by atoms with van der Waals surface area (Å²) in [6.07, 6.45) is 1.91. The third kappa shape index (κ3) is 2.62. The first-order valence-electron chi connectivity index (χ1n) is 5.71. The highest BCUT2D eigenvalue weighted by Gasteiger charge is 2.25. The zero-order valence-electron chi connectivity index (χ0n) is 9.76. The molecule has 5 nitrogen and oxygen atoms in total. The molecule has 2 rings (SSSR count). The molecule has 2 atom stereocenters. The third-order valence-electron chi connectivity index (χ3n) is 3.05. The lowest BCUT2D eigenvalue weighted by atomic mass is 9.98. The van der Waals surface area contributed by atoms with Crippen LogP contribution in [-0.4, -0.2) is 17.6 Å². The van der Waals surface area contributed by atoms with E-state index in [0.29, 0.717) is 0 Å². The summed E-state index contributed by atoms with van der Waals surface area (Å²) in [5.41, 5.74) is 7.81. The summed E-state index contributed by atoms with van der Waals surface area (Å²) in [6.45, 7) is 2.56. The lowest BCUT2D eigenvalue weighted by molar-refractivity contribution is -0.385. The van der Waals surface area contributed by atoms with Crippen LogP contribution in [0.15, 0.2) is 18.2 Å². The first-order valence-corrected chi connectivity index (χ1v) is 5.71. The van der Waals surface area contributed by atoms with Crippen LogP contribution < -0.4 is 5.73 Å². The van der Waals surface area contributed by atoms with E-state index >= 15 is 0 Å². The van der Waals surface area contributed by atoms with Gasteiger partial charge in [-0.05, 0) is 30.9 Å². The monoisotopic (exact) mass is 236 g/mol. The number of nitro benzene ring substituents is 1. The van der Waals surface area contributed by atoms with Gasteiger partial charge in [-0.25, -0.2) is 0 Å². The second-order valence-electron chi connectivity index (χ2n) is 4.44. The van der Waals surface area contributed by atoms with Crippen molar-refractivity contribution in [3.63, 3.8) is 0 Å². The molecule has 0 spiro atoms. The first-order chi connectivity index (χ1) is 8.08. The van der Waals surface area contributed by atoms with Gasteiger partial charge in [-0.15, -0.1) is 0 Å². The van der Waals surface area contributed by atoms with E-state index in [9.17, 15) is 10.1 Å². The van der Waals surface area contributed by atoms with Gasteiger partial charge in [0, 0.05) is 18.7 Å². The molecule has 1 aromatic carbocycles. The van der Waals surface area contributed by atoms with Crippen LogP contribution in [0.25, 0.3) is 0 Å². The van der Waals surface area contributed by atoms with Crippen LogP contribution >= 0.6 is 0 Å². The molecule has 2 unspecified atom stereocenters. The normalized spacial score (nSPS) is 21.4. The Hall–Kier alpha value is -1.46. The van der Waals surface area contributed by atoms with Gasteiger partial charge in [0.2, 0.25) is 0 Å². The zero-order valence-corrected chi connectivity index (χ0v) is 9.76. The van der Waals surface area contributed by atoms with Crippen molar-refractivity contribution in [1.29, 1.82) is 0 Å². The van der Waals surface area contributed by atoms with E-state index in [0.717, 1.165) is 30.6 Å². The number of nitrogens with two attached hydrogens (primary N) is 1. The molecule has 0 aliphatic carbocycles. The molecule has 1 aliphatic heterocycles. The third-order valence-corrected chi connectivity index (χ3v) is 3.05. The lowest BCUT2D eigenvalue weighted by Crippen LogP contribution is -2.25. The van der Waals surface area contributed by atoms with Gasteiger partial charge < -0.3 is 10.5 Å². The molecule has 1 aliphatic rings. The van der Waals surface area contributed by atoms with Crippen molar-refractivity contribution in [2.24, 2.45) is 5.73 Å². The second-order valence-corrected chi connectivity index (χ2v) is 4.44. The van der Waals surface area contributed by atoms with Crippen LogP contribution in [0.4, 0.5) is 5.69 Å². The molecule has 92 valence electrons. The maximum Gasteiger partial charge on any atom is 0.270 e. The molecule has 1 aromatic rings. The second kappa shape index (κ2) is 4.81. The van der Waals surface area contributed by atoms with Gasteiger partial charge in [0.25, 0.3) is 5.69 Å². The average Bonchev–Trinajstić information content (AvgIpc) is 2.80. The van der Waals surface area contributed by atoms with E-state index in [1.165, 1.54) is 0 Å². The number of nitro groups is 1. The highest BCUT2D eigenvalue weighted by Crippen LogP contribution is 2.28. The molecule has 17 heavy (non-hydrogen) atoms. The van der Waals surface area contributed by atoms with Gasteiger partial charge in [0.1, 0.15) is 0 Å². The van der Waals surface area contributed by atoms with E-state index < -0.39 is 4.92 Å². The van der Waals surface area contributed by atoms with Gasteiger partial charge in [-0.2, -0.15) is 0 Å². The van der Waals surface area contributed by atoms with E-state index in [-0.39, 0.29) is 17.8 Å². The fraction of sp³-hybridized carbons (Fsp3) is 0.500. The van der Waals surface area contributed by atoms with Crippen molar-refractivity contribution in [3.8, 4) is 0 Å². The van der Waals surface area contributed by atoms with E-state index in [4.69, 9.17) is 10.5 Å². The minimum atomic E-state index is -0.390. The number of benzene rings is 1. The van der Waals surface area contributed by atoms with Gasteiger partial charge in [0.05, 0.1) is 17.1 Å². The summed E-state index contributed by atoms with van der Waals surface area (Å²) in [5.74, 6) is 0. The topological polar surface area (TPSA) is 78.4 Å². The van der Waals surface area contributed by atoms with Crippen LogP contribution in [0.2, 0.25) is 0 Å². The Kier molecular flexibility index (Phi) is 3.40. The van der Waals surface area contributed by atoms with Crippen molar-refractivity contribution in [1.82, 2.24) is 0 Å². The molecule has 0 aromatic heterocycles. The van der Waals surface area contributed by atoms with Crippen LogP contribution in [0.1, 0.15) is 30.0 Å². The summed E-state index contributed by atoms with van der Waals surface area (Å²) in [4.78, 5) is 10.4. The summed E-state index contributed by atoms with van der Waals surface area (Å²) in [6, 6.07) is 4.70. The summed E-state index contributed by atoms with van der Waals surface area (Å²) in [5, 5.41) is 10.8. The van der Waals surface area contributed by atoms with Gasteiger partial charge in [0.15, 0.2) is 0 Å². The molecule has 1 saturated heterocycles. The summed E-state index contributed by atoms with van der Waals surface area (Å²) >= 11 is 0. The van der Waals surface area contributed by atoms with E-state index in [2.05, 4.69) is 0 Å². The smallest absolute Gasteiger partial charge is 0.270 e. The quantitative estimate of drug-likeness (QED) is 0.643. The Morgan fingerprint density at radius 3 is 2.88 bits per heavy atom. The minimum absolute atomic E-state index is 0.0172. The molecule has 5 heteroatoms. The van der Waals surface area contributed by atoms with Gasteiger partial charge in [-0.1, -0.05) is 6.07 Å². The SMILES string of the molecule is Cc1cc(C(N)C2CCCO2)cc([N+](=O)[O-])c1. The Morgan fingerprint density at radius 2 is 2.29 bits per heavy atom. The Bertz CT molecular complexity index is 428. The van der Waals surface area contributed by atoms with Gasteiger partial charge in [-0.3, -0.25) is 10.1 Å². The molecule has 0 amide bonds. The highest BCUT2D eigenvalue weighted by atomic mass is 16.6. The number of aryl methyl sites for hydroxylation is 1. The number of nitrogens with zero attached hydrogens (tertiary/aromatic N) is 1. The Labute approximate surface area is 99.7 Å². The van der Waals surface area contributed by atoms with Crippen molar-refractivity contribution in [2.45, 2.75) is 31.9 Å². The van der Waals surface area contributed by atoms with E-state index in [1.54, 1.807) is 12.1 Å². The lowest BCUT2D eigenvalue weighted by Gasteiger charge is -2.19. The van der Waals surface area contributed by atoms with Crippen molar-refractivity contribution in [3.05, 3.63) is 39.4 Å². The predicted octanol–water partition coefficient (Wildman–Crippen LogP) is 2.08. The molecular weight excluding hydrogens is 220 g/mol. The fourth-order valence-corrected chi connectivity index (χ4v) is 2.19. The van der Waals surface area contributed by atoms with Gasteiger partial charge >= 0.3 is 0 Å². The largest absolute Gasteiger partial charge is 0.376 e. The van der Waals surface area contributed by atoms with Crippen molar-refractivity contribution >= 4 is 5.69 Å². The molecular formula is C12H16N2O3. The van der Waals surface area contributed by atoms with Crippen LogP contribution in [-0.2, 0) is 4.74 Å². The fourth-order valence-electron chi connectivity index (χ4n) is 2.19. The van der Waals surface area contributed by atoms with Crippen LogP contribution in [0, 0.1) is 17.0 Å². The average molecular weight is 236 g/mol. The molecule has 0 saturated carbocycles. The maximum atomic E-state index is 10.8. The number of non-ortho nitro benzene ring substituents is 1. The number of ether oxygens (including phenoxy) is 1. The molecule has 0 bridgehead atoms. The summed E-state index contributed by atoms with van der Waals surface area (Å²) < 4.78 is 5.51. The molecule has 1 heterocycles. The van der Waals surface area contributed by atoms with Crippen LogP contribution in [0.3, 0.4) is 0 Å². The Balaban J connectivity index is 2.27. The number of rotatable bonds is 3. The summed E-state index contributed by atoms with van der Waals surface area (Å²) in [7, 11) is 0. The first kappa shape index (κ1) is 12.0. The number of hydrogen-bond donors (Lipinski definition) is 1. The van der Waals surface area contributed by atoms with Crippen molar-refractivity contribution < 1.29 is 9.66 Å². The minimum Gasteiger partial charge on any atom is -0.376 e. The molecule has 2 N–H and O–H groups in total. The van der Waals surface area contributed by atoms with Crippen LogP contribution in [0.5, 0.6) is 0 Å². The Morgan fingerprint density at radius 1 is 1.53 bits per heavy atom. The highest BCUT2D eigenvalue weighted by molar-refractivity contribution is 5.40. The predicted molar refractivity (Wildman–Crippen MR) is 63.7 cm³/mol. The standard InChI is InChI=1S/C12H16N2O3/c1-8-5-9(7-10(6-8)14(15)16)12(13)11-3-2-4-17-11/h5-7,11-12H,2-4,13H2,1H3. The van der Waals surface area contributed by atoms with E-state index in [1.807, 2.05) is 13.0 Å². The molecule has 0 radical (unpaired) electrons. The number of hydrogen-bond acceptors (Lipinski definition) is 4.